The topological polar surface area (TPSA) is 56.6 Å². The lowest BCUT2D eigenvalue weighted by Gasteiger charge is -2.30. The van der Waals surface area contributed by atoms with E-state index in [1.807, 2.05) is 37.9 Å². The Morgan fingerprint density at radius 2 is 2.11 bits per heavy atom. The molecule has 1 aromatic carbocycles. The van der Waals surface area contributed by atoms with Crippen molar-refractivity contribution in [3.8, 4) is 5.75 Å². The smallest absolute Gasteiger partial charge is 0.274 e. The number of fused-ring (bicyclic) bond motifs is 2. The van der Waals surface area contributed by atoms with E-state index in [9.17, 15) is 4.79 Å². The number of ether oxygens (including phenoxy) is 2. The third-order valence-electron chi connectivity index (χ3n) is 5.48. The van der Waals surface area contributed by atoms with Gasteiger partial charge in [-0.25, -0.2) is 0 Å². The Hall–Kier alpha value is -2.05. The van der Waals surface area contributed by atoms with Gasteiger partial charge in [-0.3, -0.25) is 9.48 Å². The standard InChI is InChI=1S/C20H24ClN3O3/c1-11-7-15-18(22-23(3)19(15)12(2)27-11)20(25)24-6-5-13-9-17(26-4)16(21)8-14(13)10-24/h8-9,11-12H,5-7,10H2,1-4H3/t11-,12+/m0/s1. The SMILES string of the molecule is COc1cc2c(cc1Cl)CN(C(=O)c1nn(C)c3c1C[C@H](C)O[C@@H]3C)CC2. The summed E-state index contributed by atoms with van der Waals surface area (Å²) < 4.78 is 13.0. The predicted molar refractivity (Wildman–Crippen MR) is 102 cm³/mol. The first-order valence-electron chi connectivity index (χ1n) is 9.24. The molecule has 4 rings (SSSR count). The number of aryl methyl sites for hydroxylation is 1. The molecule has 0 bridgehead atoms. The molecule has 0 aliphatic carbocycles. The number of hydrogen-bond donors (Lipinski definition) is 0. The number of hydrogen-bond acceptors (Lipinski definition) is 4. The molecule has 27 heavy (non-hydrogen) atoms. The maximum atomic E-state index is 13.3. The van der Waals surface area contributed by atoms with Gasteiger partial charge in [0.25, 0.3) is 5.91 Å². The first-order chi connectivity index (χ1) is 12.9. The van der Waals surface area contributed by atoms with Gasteiger partial charge in [0.1, 0.15) is 5.75 Å². The van der Waals surface area contributed by atoms with Crippen LogP contribution in [0.2, 0.25) is 5.02 Å². The number of carbonyl (C=O) groups is 1. The molecule has 6 nitrogen and oxygen atoms in total. The molecule has 0 saturated carbocycles. The van der Waals surface area contributed by atoms with E-state index in [1.165, 1.54) is 5.56 Å². The van der Waals surface area contributed by atoms with E-state index in [0.29, 0.717) is 36.0 Å². The van der Waals surface area contributed by atoms with E-state index >= 15 is 0 Å². The molecular weight excluding hydrogens is 366 g/mol. The zero-order chi connectivity index (χ0) is 19.3. The highest BCUT2D eigenvalue weighted by Gasteiger charge is 2.34. The quantitative estimate of drug-likeness (QED) is 0.790. The fraction of sp³-hybridized carbons (Fsp3) is 0.500. The van der Waals surface area contributed by atoms with E-state index in [1.54, 1.807) is 11.8 Å². The molecule has 0 radical (unpaired) electrons. The van der Waals surface area contributed by atoms with E-state index < -0.39 is 0 Å². The van der Waals surface area contributed by atoms with Gasteiger partial charge in [0, 0.05) is 32.1 Å². The van der Waals surface area contributed by atoms with Crippen molar-refractivity contribution in [2.45, 2.75) is 45.4 Å². The zero-order valence-corrected chi connectivity index (χ0v) is 16.8. The minimum atomic E-state index is -0.0591. The average Bonchev–Trinajstić information content (AvgIpc) is 2.96. The summed E-state index contributed by atoms with van der Waals surface area (Å²) in [6.07, 6.45) is 1.51. The number of rotatable bonds is 2. The highest BCUT2D eigenvalue weighted by Crippen LogP contribution is 2.34. The second-order valence-corrected chi connectivity index (χ2v) is 7.77. The van der Waals surface area contributed by atoms with Crippen LogP contribution in [-0.2, 0) is 31.2 Å². The van der Waals surface area contributed by atoms with E-state index in [-0.39, 0.29) is 18.1 Å². The van der Waals surface area contributed by atoms with Crippen LogP contribution in [0.25, 0.3) is 0 Å². The number of amides is 1. The molecular formula is C20H24ClN3O3. The van der Waals surface area contributed by atoms with Crippen LogP contribution in [0.4, 0.5) is 0 Å². The number of carbonyl (C=O) groups excluding carboxylic acids is 1. The van der Waals surface area contributed by atoms with Gasteiger partial charge in [0.2, 0.25) is 0 Å². The van der Waals surface area contributed by atoms with Crippen molar-refractivity contribution < 1.29 is 14.3 Å². The van der Waals surface area contributed by atoms with E-state index in [0.717, 1.165) is 23.2 Å². The minimum absolute atomic E-state index is 0.0225. The lowest BCUT2D eigenvalue weighted by molar-refractivity contribution is -0.00907. The lowest BCUT2D eigenvalue weighted by Crippen LogP contribution is -2.37. The molecule has 0 unspecified atom stereocenters. The van der Waals surface area contributed by atoms with Gasteiger partial charge >= 0.3 is 0 Å². The van der Waals surface area contributed by atoms with Crippen molar-refractivity contribution >= 4 is 17.5 Å². The third kappa shape index (κ3) is 3.11. The maximum Gasteiger partial charge on any atom is 0.274 e. The number of aromatic nitrogens is 2. The second kappa shape index (κ2) is 6.84. The summed E-state index contributed by atoms with van der Waals surface area (Å²) in [4.78, 5) is 15.1. The number of methoxy groups -OCH3 is 1. The largest absolute Gasteiger partial charge is 0.495 e. The van der Waals surface area contributed by atoms with E-state index in [2.05, 4.69) is 5.10 Å². The molecule has 0 N–H and O–H groups in total. The van der Waals surface area contributed by atoms with Gasteiger partial charge in [0.05, 0.1) is 30.0 Å². The predicted octanol–water partition coefficient (Wildman–Crippen LogP) is 3.30. The number of nitrogens with zero attached hydrogens (tertiary/aromatic N) is 3. The van der Waals surface area contributed by atoms with Crippen LogP contribution in [-0.4, -0.2) is 40.3 Å². The Balaban J connectivity index is 1.64. The summed E-state index contributed by atoms with van der Waals surface area (Å²) in [5.41, 5.74) is 4.82. The summed E-state index contributed by atoms with van der Waals surface area (Å²) in [6, 6.07) is 3.88. The number of halogens is 1. The van der Waals surface area contributed by atoms with Crippen LogP contribution in [0.3, 0.4) is 0 Å². The fourth-order valence-electron chi connectivity index (χ4n) is 4.25. The maximum absolute atomic E-state index is 13.3. The molecule has 0 fully saturated rings. The Bertz CT molecular complexity index is 908. The Morgan fingerprint density at radius 1 is 1.33 bits per heavy atom. The van der Waals surface area contributed by atoms with Gasteiger partial charge in [-0.15, -0.1) is 0 Å². The molecule has 1 amide bonds. The first kappa shape index (κ1) is 18.3. The molecule has 2 aromatic rings. The first-order valence-corrected chi connectivity index (χ1v) is 9.62. The number of benzene rings is 1. The van der Waals surface area contributed by atoms with Gasteiger partial charge in [-0.2, -0.15) is 5.10 Å². The molecule has 7 heteroatoms. The molecule has 2 aliphatic rings. The Kier molecular flexibility index (Phi) is 4.64. The molecule has 0 saturated heterocycles. The summed E-state index contributed by atoms with van der Waals surface area (Å²) >= 11 is 6.28. The Labute approximate surface area is 164 Å². The Morgan fingerprint density at radius 3 is 2.85 bits per heavy atom. The fourth-order valence-corrected chi connectivity index (χ4v) is 4.51. The van der Waals surface area contributed by atoms with Gasteiger partial charge in [-0.1, -0.05) is 11.6 Å². The van der Waals surface area contributed by atoms with Crippen LogP contribution in [0.15, 0.2) is 12.1 Å². The summed E-state index contributed by atoms with van der Waals surface area (Å²) in [6.45, 7) is 5.23. The van der Waals surface area contributed by atoms with E-state index in [4.69, 9.17) is 21.1 Å². The second-order valence-electron chi connectivity index (χ2n) is 7.36. The van der Waals surface area contributed by atoms with Crippen molar-refractivity contribution in [2.75, 3.05) is 13.7 Å². The monoisotopic (exact) mass is 389 g/mol. The molecule has 3 heterocycles. The normalized spacial score (nSPS) is 21.6. The average molecular weight is 390 g/mol. The zero-order valence-electron chi connectivity index (χ0n) is 16.1. The van der Waals surface area contributed by atoms with Crippen molar-refractivity contribution in [1.29, 1.82) is 0 Å². The molecule has 1 aromatic heterocycles. The summed E-state index contributed by atoms with van der Waals surface area (Å²) in [5, 5.41) is 5.12. The van der Waals surface area contributed by atoms with Crippen LogP contribution < -0.4 is 4.74 Å². The molecule has 0 spiro atoms. The van der Waals surface area contributed by atoms with Crippen LogP contribution in [0, 0.1) is 0 Å². The van der Waals surface area contributed by atoms with Crippen LogP contribution >= 0.6 is 11.6 Å². The van der Waals surface area contributed by atoms with Crippen molar-refractivity contribution in [2.24, 2.45) is 7.05 Å². The van der Waals surface area contributed by atoms with Gasteiger partial charge < -0.3 is 14.4 Å². The van der Waals surface area contributed by atoms with Crippen LogP contribution in [0.5, 0.6) is 5.75 Å². The highest BCUT2D eigenvalue weighted by atomic mass is 35.5. The van der Waals surface area contributed by atoms with Crippen molar-refractivity contribution in [3.63, 3.8) is 0 Å². The van der Waals surface area contributed by atoms with Crippen molar-refractivity contribution in [3.05, 3.63) is 45.2 Å². The lowest BCUT2D eigenvalue weighted by atomic mass is 9.97. The van der Waals surface area contributed by atoms with Gasteiger partial charge in [-0.05, 0) is 43.5 Å². The van der Waals surface area contributed by atoms with Crippen molar-refractivity contribution in [1.82, 2.24) is 14.7 Å². The summed E-state index contributed by atoms with van der Waals surface area (Å²) in [5.74, 6) is 0.655. The van der Waals surface area contributed by atoms with Gasteiger partial charge in [0.15, 0.2) is 5.69 Å². The summed E-state index contributed by atoms with van der Waals surface area (Å²) in [7, 11) is 3.49. The highest BCUT2D eigenvalue weighted by molar-refractivity contribution is 6.32. The molecule has 144 valence electrons. The molecule has 2 aliphatic heterocycles. The van der Waals surface area contributed by atoms with Crippen LogP contribution in [0.1, 0.15) is 52.8 Å². The minimum Gasteiger partial charge on any atom is -0.495 e. The molecule has 2 atom stereocenters. The third-order valence-corrected chi connectivity index (χ3v) is 5.78.